The first kappa shape index (κ1) is 17.5. The Labute approximate surface area is 130 Å². The van der Waals surface area contributed by atoms with Crippen molar-refractivity contribution in [2.75, 3.05) is 18.9 Å². The van der Waals surface area contributed by atoms with Crippen LogP contribution in [0.2, 0.25) is 5.02 Å². The van der Waals surface area contributed by atoms with E-state index in [1.165, 1.54) is 0 Å². The van der Waals surface area contributed by atoms with E-state index < -0.39 is 6.04 Å². The van der Waals surface area contributed by atoms with Gasteiger partial charge in [-0.1, -0.05) is 17.7 Å². The van der Waals surface area contributed by atoms with Gasteiger partial charge in [0.05, 0.1) is 12.6 Å². The molecule has 5 nitrogen and oxygen atoms in total. The first-order chi connectivity index (χ1) is 9.79. The van der Waals surface area contributed by atoms with E-state index in [-0.39, 0.29) is 24.4 Å². The van der Waals surface area contributed by atoms with Crippen LogP contribution in [0.4, 0.5) is 5.69 Å². The van der Waals surface area contributed by atoms with Crippen molar-refractivity contribution in [3.63, 3.8) is 0 Å². The molecule has 116 valence electrons. The lowest BCUT2D eigenvalue weighted by molar-refractivity contribution is -0.125. The number of likely N-dealkylation sites (N-methyl/N-ethyl adjacent to an activating group) is 1. The van der Waals surface area contributed by atoms with Gasteiger partial charge in [-0.25, -0.2) is 0 Å². The molecule has 0 heterocycles. The Morgan fingerprint density at radius 2 is 1.95 bits per heavy atom. The summed E-state index contributed by atoms with van der Waals surface area (Å²) in [6.07, 6.45) is 0. The minimum absolute atomic E-state index is 0.0847. The molecular weight excluding hydrogens is 290 g/mol. The molecule has 2 amide bonds. The number of halogens is 1. The molecule has 0 radical (unpaired) electrons. The van der Waals surface area contributed by atoms with E-state index >= 15 is 0 Å². The minimum Gasteiger partial charge on any atom is -0.353 e. The van der Waals surface area contributed by atoms with Gasteiger partial charge in [0.2, 0.25) is 11.8 Å². The number of benzene rings is 1. The van der Waals surface area contributed by atoms with Crippen LogP contribution in [0, 0.1) is 0 Å². The summed E-state index contributed by atoms with van der Waals surface area (Å²) in [6.45, 7) is 5.71. The van der Waals surface area contributed by atoms with Gasteiger partial charge in [-0.3, -0.25) is 14.5 Å². The molecule has 0 fully saturated rings. The van der Waals surface area contributed by atoms with Gasteiger partial charge in [-0.05, 0) is 46.0 Å². The fraction of sp³-hybridized carbons (Fsp3) is 0.467. The molecule has 0 aromatic heterocycles. The summed E-state index contributed by atoms with van der Waals surface area (Å²) in [5, 5.41) is 6.14. The zero-order valence-electron chi connectivity index (χ0n) is 12.8. The van der Waals surface area contributed by atoms with E-state index in [0.717, 1.165) is 0 Å². The maximum atomic E-state index is 12.1. The Kier molecular flexibility index (Phi) is 6.65. The number of hydrogen-bond acceptors (Lipinski definition) is 3. The van der Waals surface area contributed by atoms with Crippen molar-refractivity contribution in [2.24, 2.45) is 0 Å². The number of anilines is 1. The largest absolute Gasteiger partial charge is 0.353 e. The zero-order valence-corrected chi connectivity index (χ0v) is 13.6. The van der Waals surface area contributed by atoms with Crippen LogP contribution in [0.5, 0.6) is 0 Å². The van der Waals surface area contributed by atoms with Crippen LogP contribution in [0.25, 0.3) is 0 Å². The van der Waals surface area contributed by atoms with Gasteiger partial charge in [0, 0.05) is 16.8 Å². The molecule has 0 saturated heterocycles. The van der Waals surface area contributed by atoms with E-state index in [0.29, 0.717) is 10.7 Å². The summed E-state index contributed by atoms with van der Waals surface area (Å²) < 4.78 is 0. The van der Waals surface area contributed by atoms with E-state index in [4.69, 9.17) is 11.6 Å². The fourth-order valence-corrected chi connectivity index (χ4v) is 1.93. The molecule has 1 rings (SSSR count). The first-order valence-electron chi connectivity index (χ1n) is 6.85. The predicted octanol–water partition coefficient (Wildman–Crippen LogP) is 2.12. The quantitative estimate of drug-likeness (QED) is 0.846. The van der Waals surface area contributed by atoms with Crippen molar-refractivity contribution in [3.05, 3.63) is 29.3 Å². The van der Waals surface area contributed by atoms with E-state index in [9.17, 15) is 9.59 Å². The summed E-state index contributed by atoms with van der Waals surface area (Å²) in [6, 6.07) is 6.61. The standard InChI is InChI=1S/C15H22ClN3O2/c1-10(2)17-14(20)9-19(4)11(3)15(21)18-13-7-5-6-12(16)8-13/h5-8,10-11H,9H2,1-4H3,(H,17,20)(H,18,21)/t11-/m1/s1. The van der Waals surface area contributed by atoms with Gasteiger partial charge in [-0.2, -0.15) is 0 Å². The van der Waals surface area contributed by atoms with Gasteiger partial charge < -0.3 is 10.6 Å². The molecule has 0 spiro atoms. The third kappa shape index (κ3) is 6.14. The van der Waals surface area contributed by atoms with Crippen LogP contribution >= 0.6 is 11.6 Å². The van der Waals surface area contributed by atoms with E-state index in [1.54, 1.807) is 43.1 Å². The predicted molar refractivity (Wildman–Crippen MR) is 85.5 cm³/mol. The summed E-state index contributed by atoms with van der Waals surface area (Å²) in [4.78, 5) is 25.5. The second-order valence-electron chi connectivity index (χ2n) is 5.31. The molecular formula is C15H22ClN3O2. The topological polar surface area (TPSA) is 61.4 Å². The van der Waals surface area contributed by atoms with Gasteiger partial charge in [0.25, 0.3) is 0 Å². The molecule has 0 aliphatic heterocycles. The van der Waals surface area contributed by atoms with Gasteiger partial charge in [0.15, 0.2) is 0 Å². The molecule has 1 aromatic rings. The average Bonchev–Trinajstić information content (AvgIpc) is 2.36. The normalized spacial score (nSPS) is 12.3. The van der Waals surface area contributed by atoms with Crippen LogP contribution in [0.15, 0.2) is 24.3 Å². The SMILES string of the molecule is CC(C)NC(=O)CN(C)[C@H](C)C(=O)Nc1cccc(Cl)c1. The smallest absolute Gasteiger partial charge is 0.241 e. The van der Waals surface area contributed by atoms with Gasteiger partial charge >= 0.3 is 0 Å². The number of carbonyl (C=O) groups is 2. The second kappa shape index (κ2) is 8.00. The maximum Gasteiger partial charge on any atom is 0.241 e. The number of rotatable bonds is 6. The van der Waals surface area contributed by atoms with Crippen LogP contribution in [-0.4, -0.2) is 42.4 Å². The second-order valence-corrected chi connectivity index (χ2v) is 5.75. The molecule has 0 unspecified atom stereocenters. The summed E-state index contributed by atoms with van der Waals surface area (Å²) in [7, 11) is 1.74. The number of amides is 2. The Balaban J connectivity index is 2.55. The average molecular weight is 312 g/mol. The van der Waals surface area contributed by atoms with Crippen molar-refractivity contribution >= 4 is 29.1 Å². The number of nitrogens with zero attached hydrogens (tertiary/aromatic N) is 1. The maximum absolute atomic E-state index is 12.1. The zero-order chi connectivity index (χ0) is 16.0. The van der Waals surface area contributed by atoms with Gasteiger partial charge in [0.1, 0.15) is 0 Å². The number of carbonyl (C=O) groups excluding carboxylic acids is 2. The molecule has 6 heteroatoms. The highest BCUT2D eigenvalue weighted by molar-refractivity contribution is 6.30. The Bertz CT molecular complexity index is 505. The lowest BCUT2D eigenvalue weighted by Crippen LogP contribution is -2.45. The van der Waals surface area contributed by atoms with Crippen LogP contribution in [-0.2, 0) is 9.59 Å². The summed E-state index contributed by atoms with van der Waals surface area (Å²) in [5.74, 6) is -0.285. The van der Waals surface area contributed by atoms with E-state index in [2.05, 4.69) is 10.6 Å². The lowest BCUT2D eigenvalue weighted by Gasteiger charge is -2.23. The van der Waals surface area contributed by atoms with Crippen molar-refractivity contribution in [2.45, 2.75) is 32.9 Å². The van der Waals surface area contributed by atoms with Crippen molar-refractivity contribution in [3.8, 4) is 0 Å². The molecule has 1 aromatic carbocycles. The highest BCUT2D eigenvalue weighted by Gasteiger charge is 2.20. The van der Waals surface area contributed by atoms with Crippen molar-refractivity contribution in [1.29, 1.82) is 0 Å². The third-order valence-corrected chi connectivity index (χ3v) is 3.21. The summed E-state index contributed by atoms with van der Waals surface area (Å²) >= 11 is 5.87. The Morgan fingerprint density at radius 1 is 1.29 bits per heavy atom. The fourth-order valence-electron chi connectivity index (χ4n) is 1.74. The molecule has 1 atom stereocenters. The molecule has 2 N–H and O–H groups in total. The van der Waals surface area contributed by atoms with E-state index in [1.807, 2.05) is 13.8 Å². The molecule has 0 aliphatic carbocycles. The Hall–Kier alpha value is -1.59. The highest BCUT2D eigenvalue weighted by Crippen LogP contribution is 2.15. The van der Waals surface area contributed by atoms with Crippen LogP contribution in [0.1, 0.15) is 20.8 Å². The monoisotopic (exact) mass is 311 g/mol. The summed E-state index contributed by atoms with van der Waals surface area (Å²) in [5.41, 5.74) is 0.638. The van der Waals surface area contributed by atoms with Crippen LogP contribution in [0.3, 0.4) is 0 Å². The molecule has 0 aliphatic rings. The molecule has 0 saturated carbocycles. The Morgan fingerprint density at radius 3 is 2.52 bits per heavy atom. The van der Waals surface area contributed by atoms with Crippen LogP contribution < -0.4 is 10.6 Å². The third-order valence-electron chi connectivity index (χ3n) is 2.98. The van der Waals surface area contributed by atoms with Crippen molar-refractivity contribution in [1.82, 2.24) is 10.2 Å². The molecule has 21 heavy (non-hydrogen) atoms. The van der Waals surface area contributed by atoms with Crippen molar-refractivity contribution < 1.29 is 9.59 Å². The van der Waals surface area contributed by atoms with Gasteiger partial charge in [-0.15, -0.1) is 0 Å². The molecule has 0 bridgehead atoms. The first-order valence-corrected chi connectivity index (χ1v) is 7.23. The number of nitrogens with one attached hydrogen (secondary N) is 2. The number of hydrogen-bond donors (Lipinski definition) is 2. The lowest BCUT2D eigenvalue weighted by atomic mass is 10.2. The highest BCUT2D eigenvalue weighted by atomic mass is 35.5. The minimum atomic E-state index is -0.429.